The molecule has 0 aliphatic carbocycles. The molecule has 3 N–H and O–H groups in total. The van der Waals surface area contributed by atoms with E-state index in [1.165, 1.54) is 10.4 Å². The SMILES string of the molecule is O=S(=O)(c1cccc(Nc2nsnc2Nc2ccccc2Br)c1O)N1CCOCC1. The molecule has 1 saturated heterocycles. The molecule has 158 valence electrons. The number of morpholine rings is 1. The molecule has 0 unspecified atom stereocenters. The van der Waals surface area contributed by atoms with Crippen molar-refractivity contribution >= 4 is 60.7 Å². The lowest BCUT2D eigenvalue weighted by Gasteiger charge is -2.26. The number of anilines is 4. The van der Waals surface area contributed by atoms with Crippen molar-refractivity contribution in [3.05, 3.63) is 46.9 Å². The average molecular weight is 512 g/mol. The second-order valence-electron chi connectivity index (χ2n) is 6.36. The number of para-hydroxylation sites is 2. The number of nitrogens with one attached hydrogen (secondary N) is 2. The fraction of sp³-hybridized carbons (Fsp3) is 0.222. The summed E-state index contributed by atoms with van der Waals surface area (Å²) in [4.78, 5) is -0.169. The predicted octanol–water partition coefficient (Wildman–Crippen LogP) is 3.51. The number of ether oxygens (including phenoxy) is 1. The Morgan fingerprint density at radius 1 is 1.00 bits per heavy atom. The summed E-state index contributed by atoms with van der Waals surface area (Å²) >= 11 is 4.45. The second kappa shape index (κ2) is 8.86. The maximum atomic E-state index is 12.9. The van der Waals surface area contributed by atoms with E-state index >= 15 is 0 Å². The van der Waals surface area contributed by atoms with Crippen molar-refractivity contribution in [1.29, 1.82) is 0 Å². The lowest BCUT2D eigenvalue weighted by Crippen LogP contribution is -2.40. The van der Waals surface area contributed by atoms with Crippen LogP contribution in [-0.4, -0.2) is 52.9 Å². The molecule has 0 bridgehead atoms. The molecule has 1 aromatic heterocycles. The number of phenolic OH excluding ortho intramolecular Hbond substituents is 1. The fourth-order valence-corrected chi connectivity index (χ4v) is 5.29. The minimum atomic E-state index is -3.85. The number of sulfonamides is 1. The first kappa shape index (κ1) is 21.0. The van der Waals surface area contributed by atoms with Crippen LogP contribution < -0.4 is 10.6 Å². The Balaban J connectivity index is 1.61. The summed E-state index contributed by atoms with van der Waals surface area (Å²) in [6, 6.07) is 12.1. The molecular formula is C18H18BrN5O4S2. The molecule has 0 amide bonds. The number of rotatable bonds is 6. The molecule has 3 aromatic rings. The average Bonchev–Trinajstić information content (AvgIpc) is 3.18. The van der Waals surface area contributed by atoms with E-state index in [4.69, 9.17) is 4.74 Å². The summed E-state index contributed by atoms with van der Waals surface area (Å²) < 4.78 is 41.7. The van der Waals surface area contributed by atoms with E-state index in [9.17, 15) is 13.5 Å². The number of hydrogen-bond acceptors (Lipinski definition) is 9. The van der Waals surface area contributed by atoms with Crippen LogP contribution in [0.15, 0.2) is 51.8 Å². The minimum absolute atomic E-state index is 0.169. The zero-order chi connectivity index (χ0) is 21.1. The van der Waals surface area contributed by atoms with E-state index in [1.807, 2.05) is 24.3 Å². The van der Waals surface area contributed by atoms with Crippen LogP contribution in [0.4, 0.5) is 23.0 Å². The maximum Gasteiger partial charge on any atom is 0.246 e. The number of halogens is 1. The largest absolute Gasteiger partial charge is 0.504 e. The Bertz CT molecular complexity index is 1150. The van der Waals surface area contributed by atoms with Gasteiger partial charge in [0.2, 0.25) is 10.0 Å². The zero-order valence-electron chi connectivity index (χ0n) is 15.6. The molecule has 0 radical (unpaired) electrons. The van der Waals surface area contributed by atoms with E-state index in [-0.39, 0.29) is 29.4 Å². The van der Waals surface area contributed by atoms with Crippen LogP contribution in [-0.2, 0) is 14.8 Å². The second-order valence-corrected chi connectivity index (χ2v) is 9.65. The highest BCUT2D eigenvalue weighted by molar-refractivity contribution is 9.10. The molecule has 2 heterocycles. The van der Waals surface area contributed by atoms with Crippen molar-refractivity contribution in [2.24, 2.45) is 0 Å². The van der Waals surface area contributed by atoms with Crippen molar-refractivity contribution in [2.75, 3.05) is 36.9 Å². The molecule has 4 rings (SSSR count). The molecule has 12 heteroatoms. The normalized spacial score (nSPS) is 15.1. The maximum absolute atomic E-state index is 12.9. The lowest BCUT2D eigenvalue weighted by atomic mass is 10.3. The summed E-state index contributed by atoms with van der Waals surface area (Å²) in [6.45, 7) is 1.14. The third-order valence-corrected chi connectivity index (χ3v) is 7.61. The molecule has 1 aliphatic rings. The van der Waals surface area contributed by atoms with Gasteiger partial charge in [0.1, 0.15) is 4.90 Å². The molecule has 9 nitrogen and oxygen atoms in total. The van der Waals surface area contributed by atoms with Crippen LogP contribution in [0.2, 0.25) is 0 Å². The van der Waals surface area contributed by atoms with E-state index < -0.39 is 10.0 Å². The van der Waals surface area contributed by atoms with Gasteiger partial charge in [0, 0.05) is 17.6 Å². The molecule has 0 atom stereocenters. The Kier molecular flexibility index (Phi) is 6.20. The first-order chi connectivity index (χ1) is 14.5. The van der Waals surface area contributed by atoms with Crippen LogP contribution in [0.25, 0.3) is 0 Å². The number of nitrogens with zero attached hydrogens (tertiary/aromatic N) is 3. The first-order valence-electron chi connectivity index (χ1n) is 8.98. The van der Waals surface area contributed by atoms with E-state index in [0.717, 1.165) is 21.9 Å². The topological polar surface area (TPSA) is 117 Å². The zero-order valence-corrected chi connectivity index (χ0v) is 18.8. The number of phenols is 1. The van der Waals surface area contributed by atoms with Gasteiger partial charge in [-0.3, -0.25) is 0 Å². The van der Waals surface area contributed by atoms with Gasteiger partial charge in [-0.25, -0.2) is 8.42 Å². The Labute approximate surface area is 186 Å². The molecule has 2 aromatic carbocycles. The van der Waals surface area contributed by atoms with E-state index in [0.29, 0.717) is 24.8 Å². The molecular weight excluding hydrogens is 494 g/mol. The third kappa shape index (κ3) is 4.27. The van der Waals surface area contributed by atoms with Gasteiger partial charge in [0.25, 0.3) is 0 Å². The van der Waals surface area contributed by atoms with Crippen LogP contribution in [0, 0.1) is 0 Å². The van der Waals surface area contributed by atoms with Crippen molar-refractivity contribution < 1.29 is 18.3 Å². The lowest BCUT2D eigenvalue weighted by molar-refractivity contribution is 0.0729. The highest BCUT2D eigenvalue weighted by Gasteiger charge is 2.30. The van der Waals surface area contributed by atoms with Crippen molar-refractivity contribution in [1.82, 2.24) is 13.1 Å². The van der Waals surface area contributed by atoms with E-state index in [2.05, 4.69) is 35.3 Å². The van der Waals surface area contributed by atoms with Gasteiger partial charge in [0.15, 0.2) is 17.4 Å². The van der Waals surface area contributed by atoms with Crippen LogP contribution in [0.1, 0.15) is 0 Å². The highest BCUT2D eigenvalue weighted by Crippen LogP contribution is 2.37. The monoisotopic (exact) mass is 511 g/mol. The molecule has 0 spiro atoms. The van der Waals surface area contributed by atoms with Gasteiger partial charge < -0.3 is 20.5 Å². The highest BCUT2D eigenvalue weighted by atomic mass is 79.9. The first-order valence-corrected chi connectivity index (χ1v) is 11.9. The number of aromatic hydroxyl groups is 1. The number of benzene rings is 2. The van der Waals surface area contributed by atoms with Gasteiger partial charge in [-0.2, -0.15) is 13.1 Å². The molecule has 30 heavy (non-hydrogen) atoms. The number of hydrogen-bond donors (Lipinski definition) is 3. The van der Waals surface area contributed by atoms with Crippen molar-refractivity contribution in [3.8, 4) is 5.75 Å². The predicted molar refractivity (Wildman–Crippen MR) is 118 cm³/mol. The van der Waals surface area contributed by atoms with Gasteiger partial charge in [-0.15, -0.1) is 0 Å². The quantitative estimate of drug-likeness (QED) is 0.430. The van der Waals surface area contributed by atoms with E-state index in [1.54, 1.807) is 12.1 Å². The molecule has 1 fully saturated rings. The summed E-state index contributed by atoms with van der Waals surface area (Å²) in [5.74, 6) is 0.448. The number of aromatic nitrogens is 2. The van der Waals surface area contributed by atoms with Gasteiger partial charge in [-0.05, 0) is 40.2 Å². The summed E-state index contributed by atoms with van der Waals surface area (Å²) in [6.07, 6.45) is 0. The summed E-state index contributed by atoms with van der Waals surface area (Å²) in [7, 11) is -3.85. The van der Waals surface area contributed by atoms with Gasteiger partial charge >= 0.3 is 0 Å². The van der Waals surface area contributed by atoms with Gasteiger partial charge in [-0.1, -0.05) is 18.2 Å². The van der Waals surface area contributed by atoms with Crippen molar-refractivity contribution in [3.63, 3.8) is 0 Å². The fourth-order valence-electron chi connectivity index (χ4n) is 2.93. The van der Waals surface area contributed by atoms with Crippen LogP contribution >= 0.6 is 27.7 Å². The minimum Gasteiger partial charge on any atom is -0.504 e. The van der Waals surface area contributed by atoms with Crippen LogP contribution in [0.5, 0.6) is 5.75 Å². The Morgan fingerprint density at radius 2 is 1.63 bits per heavy atom. The summed E-state index contributed by atoms with van der Waals surface area (Å²) in [5.41, 5.74) is 1.01. The molecule has 0 saturated carbocycles. The third-order valence-electron chi connectivity index (χ3n) is 4.46. The smallest absolute Gasteiger partial charge is 0.246 e. The summed E-state index contributed by atoms with van der Waals surface area (Å²) in [5, 5.41) is 16.8. The van der Waals surface area contributed by atoms with Crippen LogP contribution in [0.3, 0.4) is 0 Å². The Hall–Kier alpha value is -2.25. The van der Waals surface area contributed by atoms with Crippen molar-refractivity contribution in [2.45, 2.75) is 4.90 Å². The van der Waals surface area contributed by atoms with Gasteiger partial charge in [0.05, 0.1) is 36.3 Å². The Morgan fingerprint density at radius 3 is 2.33 bits per heavy atom. The molecule has 1 aliphatic heterocycles. The standard InChI is InChI=1S/C18H18BrN5O4S2/c19-12-4-1-2-5-13(12)20-17-18(23-29-22-17)21-14-6-3-7-15(16(14)25)30(26,27)24-8-10-28-11-9-24/h1-7,25H,8-11H2,(H,20,22)(H,21,23).